The first-order valence-electron chi connectivity index (χ1n) is 11.5. The molecular formula is C26H37N3O6S. The molecule has 0 heterocycles. The zero-order chi connectivity index (χ0) is 27.0. The summed E-state index contributed by atoms with van der Waals surface area (Å²) >= 11 is 1.28. The Morgan fingerprint density at radius 1 is 1.00 bits per heavy atom. The van der Waals surface area contributed by atoms with E-state index in [1.54, 1.807) is 20.8 Å². The van der Waals surface area contributed by atoms with E-state index in [0.29, 0.717) is 12.3 Å². The first-order valence-corrected chi connectivity index (χ1v) is 12.7. The van der Waals surface area contributed by atoms with Gasteiger partial charge in [-0.15, -0.1) is 0 Å². The lowest BCUT2D eigenvalue weighted by molar-refractivity contribution is -0.138. The van der Waals surface area contributed by atoms with E-state index in [4.69, 9.17) is 15.2 Å². The maximum Gasteiger partial charge on any atom is 0.408 e. The highest BCUT2D eigenvalue weighted by molar-refractivity contribution is 7.99. The summed E-state index contributed by atoms with van der Waals surface area (Å²) in [5.41, 5.74) is 6.99. The third kappa shape index (κ3) is 14.9. The van der Waals surface area contributed by atoms with Crippen molar-refractivity contribution in [1.29, 1.82) is 0 Å². The van der Waals surface area contributed by atoms with Gasteiger partial charge in [0.2, 0.25) is 0 Å². The summed E-state index contributed by atoms with van der Waals surface area (Å²) in [6, 6.07) is 18.4. The lowest BCUT2D eigenvalue weighted by Gasteiger charge is -2.21. The summed E-state index contributed by atoms with van der Waals surface area (Å²) in [6.07, 6.45) is -1.32. The Morgan fingerprint density at radius 2 is 1.58 bits per heavy atom. The zero-order valence-electron chi connectivity index (χ0n) is 21.2. The molecule has 0 radical (unpaired) electrons. The molecule has 0 aromatic heterocycles. The van der Waals surface area contributed by atoms with Gasteiger partial charge < -0.3 is 30.9 Å². The molecule has 0 aliphatic heterocycles. The van der Waals surface area contributed by atoms with Crippen LogP contribution in [0.3, 0.4) is 0 Å². The van der Waals surface area contributed by atoms with Crippen LogP contribution in [0.15, 0.2) is 60.7 Å². The zero-order valence-corrected chi connectivity index (χ0v) is 22.0. The number of carboxylic acids is 1. The number of hydrogen-bond donors (Lipinski definition) is 4. The van der Waals surface area contributed by atoms with Crippen molar-refractivity contribution in [2.24, 2.45) is 5.73 Å². The second-order valence-corrected chi connectivity index (χ2v) is 9.95. The lowest BCUT2D eigenvalue weighted by Crippen LogP contribution is -2.45. The van der Waals surface area contributed by atoms with Crippen molar-refractivity contribution in [2.75, 3.05) is 18.1 Å². The molecule has 10 heteroatoms. The van der Waals surface area contributed by atoms with E-state index in [1.165, 1.54) is 17.3 Å². The number of alkyl carbamates (subject to hydrolysis) is 2. The molecule has 5 N–H and O–H groups in total. The fourth-order valence-corrected chi connectivity index (χ4v) is 3.46. The summed E-state index contributed by atoms with van der Waals surface area (Å²) in [4.78, 5) is 34.5. The van der Waals surface area contributed by atoms with E-state index >= 15 is 0 Å². The van der Waals surface area contributed by atoms with Crippen LogP contribution in [0.2, 0.25) is 0 Å². The highest BCUT2D eigenvalue weighted by Crippen LogP contribution is 2.09. The molecule has 2 rings (SSSR count). The van der Waals surface area contributed by atoms with E-state index in [0.717, 1.165) is 5.56 Å². The number of nitrogens with two attached hydrogens (primary N) is 1. The first-order chi connectivity index (χ1) is 17.0. The van der Waals surface area contributed by atoms with Crippen LogP contribution in [-0.4, -0.2) is 53.0 Å². The number of nitrogens with one attached hydrogen (secondary N) is 2. The normalized spacial score (nSPS) is 12.2. The molecule has 0 aliphatic rings. The Labute approximate surface area is 217 Å². The molecule has 0 spiro atoms. The molecule has 9 nitrogen and oxygen atoms in total. The molecule has 0 aliphatic carbocycles. The van der Waals surface area contributed by atoms with Crippen LogP contribution in [0.1, 0.15) is 44.9 Å². The highest BCUT2D eigenvalue weighted by Gasteiger charge is 2.23. The van der Waals surface area contributed by atoms with E-state index in [-0.39, 0.29) is 18.4 Å². The summed E-state index contributed by atoms with van der Waals surface area (Å²) in [7, 11) is 0. The van der Waals surface area contributed by atoms with E-state index in [1.807, 2.05) is 67.6 Å². The Balaban J connectivity index is 0.000000600. The first kappa shape index (κ1) is 30.8. The van der Waals surface area contributed by atoms with E-state index in [9.17, 15) is 19.5 Å². The predicted molar refractivity (Wildman–Crippen MR) is 142 cm³/mol. The highest BCUT2D eigenvalue weighted by atomic mass is 32.2. The van der Waals surface area contributed by atoms with Crippen molar-refractivity contribution >= 4 is 29.9 Å². The number of thioether (sulfide) groups is 1. The topological polar surface area (TPSA) is 140 Å². The quantitative estimate of drug-likeness (QED) is 0.340. The van der Waals surface area contributed by atoms with Gasteiger partial charge in [0, 0.05) is 24.1 Å². The molecule has 36 heavy (non-hydrogen) atoms. The number of benzene rings is 2. The van der Waals surface area contributed by atoms with Crippen molar-refractivity contribution in [3.63, 3.8) is 0 Å². The van der Waals surface area contributed by atoms with Gasteiger partial charge in [-0.25, -0.2) is 14.4 Å². The number of amides is 2. The van der Waals surface area contributed by atoms with Gasteiger partial charge in [0.05, 0.1) is 0 Å². The average Bonchev–Trinajstić information content (AvgIpc) is 2.82. The van der Waals surface area contributed by atoms with Crippen LogP contribution in [-0.2, 0) is 20.9 Å². The molecule has 0 saturated heterocycles. The second kappa shape index (κ2) is 16.4. The van der Waals surface area contributed by atoms with Gasteiger partial charge in [-0.05, 0) is 38.8 Å². The van der Waals surface area contributed by atoms with Crippen molar-refractivity contribution in [3.8, 4) is 0 Å². The van der Waals surface area contributed by atoms with Crippen molar-refractivity contribution in [3.05, 3.63) is 71.8 Å². The van der Waals surface area contributed by atoms with Crippen LogP contribution >= 0.6 is 11.8 Å². The molecule has 198 valence electrons. The van der Waals surface area contributed by atoms with Crippen LogP contribution < -0.4 is 16.4 Å². The minimum absolute atomic E-state index is 0.148. The fraction of sp³-hybridized carbons (Fsp3) is 0.423. The molecular weight excluding hydrogens is 482 g/mol. The molecule has 0 saturated carbocycles. The number of rotatable bonds is 10. The van der Waals surface area contributed by atoms with E-state index < -0.39 is 29.8 Å². The summed E-state index contributed by atoms with van der Waals surface area (Å²) in [6.45, 7) is 7.56. The average molecular weight is 520 g/mol. The fourth-order valence-electron chi connectivity index (χ4n) is 2.58. The SMILES string of the molecule is CC(C)(C)OC(=O)N[C@H](CSCCNC(=O)OCc1ccccc1)C(=O)O.C[C@H](N)c1ccccc1. The van der Waals surface area contributed by atoms with Gasteiger partial charge in [0.1, 0.15) is 18.2 Å². The minimum Gasteiger partial charge on any atom is -0.480 e. The van der Waals surface area contributed by atoms with Gasteiger partial charge >= 0.3 is 18.2 Å². The molecule has 0 unspecified atom stereocenters. The summed E-state index contributed by atoms with van der Waals surface area (Å²) in [5.74, 6) is -0.529. The number of aliphatic carboxylic acids is 1. The Kier molecular flexibility index (Phi) is 14.1. The third-order valence-corrected chi connectivity index (χ3v) is 5.39. The van der Waals surface area contributed by atoms with Gasteiger partial charge in [-0.3, -0.25) is 0 Å². The van der Waals surface area contributed by atoms with Crippen LogP contribution in [0.5, 0.6) is 0 Å². The molecule has 2 atom stereocenters. The number of carbonyl (C=O) groups is 3. The number of hydrogen-bond acceptors (Lipinski definition) is 7. The minimum atomic E-state index is -1.15. The smallest absolute Gasteiger partial charge is 0.408 e. The summed E-state index contributed by atoms with van der Waals surface area (Å²) in [5, 5.41) is 14.1. The van der Waals surface area contributed by atoms with Crippen LogP contribution in [0.25, 0.3) is 0 Å². The molecule has 2 aromatic carbocycles. The van der Waals surface area contributed by atoms with Gasteiger partial charge in [-0.1, -0.05) is 60.7 Å². The van der Waals surface area contributed by atoms with E-state index in [2.05, 4.69) is 10.6 Å². The van der Waals surface area contributed by atoms with Crippen LogP contribution in [0, 0.1) is 0 Å². The number of carbonyl (C=O) groups excluding carboxylic acids is 2. The lowest BCUT2D eigenvalue weighted by atomic mass is 10.1. The Hall–Kier alpha value is -3.24. The second-order valence-electron chi connectivity index (χ2n) is 8.80. The van der Waals surface area contributed by atoms with Gasteiger partial charge in [0.25, 0.3) is 0 Å². The Morgan fingerprint density at radius 3 is 2.08 bits per heavy atom. The molecule has 0 fully saturated rings. The maximum absolute atomic E-state index is 11.7. The molecule has 2 amide bonds. The molecule has 2 aromatic rings. The number of carboxylic acid groups (broad SMARTS) is 1. The van der Waals surface area contributed by atoms with Crippen LogP contribution in [0.4, 0.5) is 9.59 Å². The maximum atomic E-state index is 11.7. The standard InChI is InChI=1S/C18H26N2O6S.C8H11N/c1-18(2,3)26-17(24)20-14(15(21)22)12-27-10-9-19-16(23)25-11-13-7-5-4-6-8-13;1-7(9)8-5-3-2-4-6-8/h4-8,14H,9-12H2,1-3H3,(H,19,23)(H,20,24)(H,21,22);2-7H,9H2,1H3/t14-;7-/m10/s1. The van der Waals surface area contributed by atoms with Crippen molar-refractivity contribution in [2.45, 2.75) is 52.0 Å². The van der Waals surface area contributed by atoms with Crippen molar-refractivity contribution in [1.82, 2.24) is 10.6 Å². The molecule has 0 bridgehead atoms. The van der Waals surface area contributed by atoms with Gasteiger partial charge in [0.15, 0.2) is 0 Å². The predicted octanol–water partition coefficient (Wildman–Crippen LogP) is 4.33. The largest absolute Gasteiger partial charge is 0.480 e. The van der Waals surface area contributed by atoms with Gasteiger partial charge in [-0.2, -0.15) is 11.8 Å². The number of ether oxygens (including phenoxy) is 2. The third-order valence-electron chi connectivity index (χ3n) is 4.33. The Bertz CT molecular complexity index is 920. The monoisotopic (exact) mass is 519 g/mol. The summed E-state index contributed by atoms with van der Waals surface area (Å²) < 4.78 is 10.1. The van der Waals surface area contributed by atoms with Crippen molar-refractivity contribution < 1.29 is 29.0 Å².